The van der Waals surface area contributed by atoms with Gasteiger partial charge in [-0.2, -0.15) is 10.2 Å². The summed E-state index contributed by atoms with van der Waals surface area (Å²) in [6, 6.07) is 27.0. The van der Waals surface area contributed by atoms with E-state index >= 15 is 0 Å². The van der Waals surface area contributed by atoms with Gasteiger partial charge in [-0.05, 0) is 81.6 Å². The Morgan fingerprint density at radius 2 is 1.55 bits per heavy atom. The van der Waals surface area contributed by atoms with E-state index in [2.05, 4.69) is 43.4 Å². The number of phenols is 2. The van der Waals surface area contributed by atoms with Crippen molar-refractivity contribution in [2.24, 2.45) is 0 Å². The molecule has 1 amide bonds. The standard InChI is InChI=1S/C41H50N5O8P/c1-7-44(30(6)47)38-22-24-45(40(50)43-38)39-26-36(37(53-39)27-52-55(51-25-11-23-42)46(28(2)3)29(4)5)54-41(31-12-9-8-10-13-31,32-14-18-34(48)19-15-32)33-16-20-35(49)21-17-33/h8-10,12-22,24,28-29,36-37,39,48-49H,7,11,25-27H2,1-6H3/t36-,37+,39+,55?/m0/s1. The maximum Gasteiger partial charge on any atom is 0.351 e. The number of hydrogen-bond donors (Lipinski definition) is 2. The van der Waals surface area contributed by atoms with Gasteiger partial charge in [0.25, 0.3) is 8.53 Å². The summed E-state index contributed by atoms with van der Waals surface area (Å²) in [5.41, 5.74) is 0.280. The fourth-order valence-corrected chi connectivity index (χ4v) is 8.53. The maximum atomic E-state index is 13.6. The van der Waals surface area contributed by atoms with Gasteiger partial charge in [-0.25, -0.2) is 9.46 Å². The van der Waals surface area contributed by atoms with Crippen LogP contribution < -0.4 is 10.6 Å². The Morgan fingerprint density at radius 1 is 0.964 bits per heavy atom. The van der Waals surface area contributed by atoms with Crippen molar-refractivity contribution < 1.29 is 33.5 Å². The van der Waals surface area contributed by atoms with Crippen LogP contribution in [0.3, 0.4) is 0 Å². The number of anilines is 1. The van der Waals surface area contributed by atoms with Crippen molar-refractivity contribution in [2.45, 2.75) is 90.5 Å². The third-order valence-electron chi connectivity index (χ3n) is 9.35. The summed E-state index contributed by atoms with van der Waals surface area (Å²) in [6.07, 6.45) is -0.317. The van der Waals surface area contributed by atoms with E-state index in [9.17, 15) is 25.1 Å². The average molecular weight is 772 g/mol. The average Bonchev–Trinajstić information content (AvgIpc) is 3.55. The Labute approximate surface area is 323 Å². The molecule has 0 aliphatic carbocycles. The first-order chi connectivity index (χ1) is 26.4. The molecule has 1 fully saturated rings. The predicted octanol–water partition coefficient (Wildman–Crippen LogP) is 6.98. The van der Waals surface area contributed by atoms with Crippen molar-refractivity contribution in [2.75, 3.05) is 24.7 Å². The van der Waals surface area contributed by atoms with E-state index in [1.807, 2.05) is 30.3 Å². The van der Waals surface area contributed by atoms with Gasteiger partial charge in [0.1, 0.15) is 35.2 Å². The van der Waals surface area contributed by atoms with Gasteiger partial charge >= 0.3 is 5.69 Å². The number of rotatable bonds is 17. The van der Waals surface area contributed by atoms with Crippen molar-refractivity contribution >= 4 is 20.3 Å². The molecule has 0 radical (unpaired) electrons. The van der Waals surface area contributed by atoms with E-state index in [1.165, 1.54) is 16.4 Å². The molecule has 5 rings (SSSR count). The number of nitrogens with zero attached hydrogens (tertiary/aromatic N) is 5. The number of amides is 1. The van der Waals surface area contributed by atoms with E-state index in [4.69, 9.17) is 18.5 Å². The van der Waals surface area contributed by atoms with E-state index < -0.39 is 38.3 Å². The Hall–Kier alpha value is -4.67. The van der Waals surface area contributed by atoms with Crippen molar-refractivity contribution in [1.82, 2.24) is 14.2 Å². The number of carbonyl (C=O) groups excluding carboxylic acids is 1. The molecule has 1 saturated heterocycles. The SMILES string of the molecule is CCN(C(C)=O)c1ccn([C@H]2C[C@H](OC(c3ccccc3)(c3ccc(O)cc3)c3ccc(O)cc3)[C@@H](COP(OCCC#N)N(C(C)C)C(C)C)O2)c(=O)n1. The van der Waals surface area contributed by atoms with E-state index in [0.717, 1.165) is 5.56 Å². The lowest BCUT2D eigenvalue weighted by Crippen LogP contribution is -2.41. The van der Waals surface area contributed by atoms with Crippen molar-refractivity contribution in [3.05, 3.63) is 118 Å². The van der Waals surface area contributed by atoms with Gasteiger partial charge in [-0.3, -0.25) is 14.3 Å². The van der Waals surface area contributed by atoms with Gasteiger partial charge in [0.15, 0.2) is 0 Å². The summed E-state index contributed by atoms with van der Waals surface area (Å²) in [7, 11) is -1.64. The second kappa shape index (κ2) is 18.8. The lowest BCUT2D eigenvalue weighted by atomic mass is 9.79. The molecule has 14 heteroatoms. The van der Waals surface area contributed by atoms with Crippen LogP contribution in [0.1, 0.15) is 77.3 Å². The molecule has 55 heavy (non-hydrogen) atoms. The number of aromatic hydroxyl groups is 2. The minimum atomic E-state index is -1.64. The van der Waals surface area contributed by atoms with Crippen LogP contribution in [0.15, 0.2) is 95.9 Å². The van der Waals surface area contributed by atoms with Crippen LogP contribution >= 0.6 is 8.53 Å². The number of aromatic nitrogens is 2. The lowest BCUT2D eigenvalue weighted by Gasteiger charge is -2.39. The van der Waals surface area contributed by atoms with Crippen LogP contribution in [0.2, 0.25) is 0 Å². The first-order valence-corrected chi connectivity index (χ1v) is 19.6. The molecule has 1 aliphatic heterocycles. The van der Waals surface area contributed by atoms with Gasteiger partial charge in [-0.15, -0.1) is 0 Å². The monoisotopic (exact) mass is 771 g/mol. The van der Waals surface area contributed by atoms with Crippen molar-refractivity contribution in [3.8, 4) is 17.6 Å². The highest BCUT2D eigenvalue weighted by Crippen LogP contribution is 2.49. The number of phenolic OH excluding ortho intramolecular Hbond substituents is 2. The molecule has 1 aliphatic rings. The highest BCUT2D eigenvalue weighted by Gasteiger charge is 2.47. The molecule has 4 atom stereocenters. The summed E-state index contributed by atoms with van der Waals surface area (Å²) < 4.78 is 30.4. The Morgan fingerprint density at radius 3 is 2.05 bits per heavy atom. The molecular weight excluding hydrogens is 721 g/mol. The molecule has 13 nitrogen and oxygen atoms in total. The molecule has 0 bridgehead atoms. The van der Waals surface area contributed by atoms with Gasteiger partial charge in [0.2, 0.25) is 5.91 Å². The molecule has 0 saturated carbocycles. The Bertz CT molecular complexity index is 1900. The van der Waals surface area contributed by atoms with Crippen LogP contribution in [0.5, 0.6) is 11.5 Å². The molecule has 2 N–H and O–H groups in total. The summed E-state index contributed by atoms with van der Waals surface area (Å²) in [4.78, 5) is 31.5. The van der Waals surface area contributed by atoms with Crippen molar-refractivity contribution in [3.63, 3.8) is 0 Å². The van der Waals surface area contributed by atoms with Crippen LogP contribution in [-0.4, -0.2) is 74.4 Å². The topological polar surface area (TPSA) is 160 Å². The zero-order chi connectivity index (χ0) is 39.7. The minimum absolute atomic E-state index is 0.0135. The molecular formula is C41H50N5O8P. The lowest BCUT2D eigenvalue weighted by molar-refractivity contribution is -0.116. The van der Waals surface area contributed by atoms with Gasteiger partial charge in [0.05, 0.1) is 31.8 Å². The van der Waals surface area contributed by atoms with Crippen LogP contribution in [0.4, 0.5) is 5.82 Å². The summed E-state index contributed by atoms with van der Waals surface area (Å²) in [5, 5.41) is 29.9. The smallest absolute Gasteiger partial charge is 0.351 e. The second-order valence-corrected chi connectivity index (χ2v) is 15.2. The van der Waals surface area contributed by atoms with Gasteiger partial charge in [0, 0.05) is 38.2 Å². The molecule has 2 heterocycles. The van der Waals surface area contributed by atoms with E-state index in [-0.39, 0.29) is 61.4 Å². The number of nitriles is 1. The first-order valence-electron chi connectivity index (χ1n) is 18.5. The van der Waals surface area contributed by atoms with Crippen LogP contribution in [0, 0.1) is 11.3 Å². The number of hydrogen-bond acceptors (Lipinski definition) is 11. The van der Waals surface area contributed by atoms with E-state index in [1.54, 1.807) is 67.7 Å². The molecule has 1 aromatic heterocycles. The second-order valence-electron chi connectivity index (χ2n) is 13.7. The fourth-order valence-electron chi connectivity index (χ4n) is 6.91. The Balaban J connectivity index is 1.61. The maximum absolute atomic E-state index is 13.6. The highest BCUT2D eigenvalue weighted by atomic mass is 31.2. The largest absolute Gasteiger partial charge is 0.508 e. The predicted molar refractivity (Wildman–Crippen MR) is 209 cm³/mol. The van der Waals surface area contributed by atoms with Gasteiger partial charge in [-0.1, -0.05) is 54.6 Å². The Kier molecular flexibility index (Phi) is 14.2. The van der Waals surface area contributed by atoms with Crippen LogP contribution in [-0.2, 0) is 28.9 Å². The normalized spacial score (nSPS) is 17.8. The third kappa shape index (κ3) is 9.59. The minimum Gasteiger partial charge on any atom is -0.508 e. The molecule has 3 aromatic carbocycles. The summed E-state index contributed by atoms with van der Waals surface area (Å²) in [6.45, 7) is 12.0. The molecule has 4 aromatic rings. The molecule has 1 unspecified atom stereocenters. The van der Waals surface area contributed by atoms with Gasteiger partial charge < -0.3 is 28.7 Å². The van der Waals surface area contributed by atoms with Crippen molar-refractivity contribution in [1.29, 1.82) is 5.26 Å². The number of carbonyl (C=O) groups is 1. The quantitative estimate of drug-likeness (QED) is 0.0648. The summed E-state index contributed by atoms with van der Waals surface area (Å²) >= 11 is 0. The molecule has 0 spiro atoms. The fraction of sp³-hybridized carbons (Fsp3) is 0.415. The van der Waals surface area contributed by atoms with E-state index in [0.29, 0.717) is 17.7 Å². The highest BCUT2D eigenvalue weighted by molar-refractivity contribution is 7.44. The third-order valence-corrected chi connectivity index (χ3v) is 11.4. The first kappa shape index (κ1) is 41.5. The van der Waals surface area contributed by atoms with Crippen LogP contribution in [0.25, 0.3) is 0 Å². The summed E-state index contributed by atoms with van der Waals surface area (Å²) in [5.74, 6) is 0.171. The molecule has 292 valence electrons. The zero-order valence-electron chi connectivity index (χ0n) is 32.1. The number of benzene rings is 3. The zero-order valence-corrected chi connectivity index (χ0v) is 33.0. The number of ether oxygens (including phenoxy) is 2.